The molecule has 0 saturated heterocycles. The SMILES string of the molecule is CC1CN(C(=O)OC(C)(C)C)C(F)c2cc3ccccc3n21. The van der Waals surface area contributed by atoms with E-state index in [9.17, 15) is 9.18 Å². The molecule has 1 amide bonds. The number of para-hydroxylation sites is 1. The van der Waals surface area contributed by atoms with E-state index in [4.69, 9.17) is 4.74 Å². The van der Waals surface area contributed by atoms with Crippen molar-refractivity contribution in [2.45, 2.75) is 45.6 Å². The van der Waals surface area contributed by atoms with E-state index in [1.54, 1.807) is 20.8 Å². The minimum absolute atomic E-state index is 0.00517. The number of halogens is 1. The summed E-state index contributed by atoms with van der Waals surface area (Å²) in [4.78, 5) is 13.4. The highest BCUT2D eigenvalue weighted by Gasteiger charge is 2.37. The highest BCUT2D eigenvalue weighted by Crippen LogP contribution is 2.37. The first-order chi connectivity index (χ1) is 10.3. The molecule has 1 aliphatic heterocycles. The molecule has 3 rings (SSSR count). The molecule has 1 aromatic carbocycles. The summed E-state index contributed by atoms with van der Waals surface area (Å²) in [6, 6.07) is 9.61. The number of ether oxygens (including phenoxy) is 1. The van der Waals surface area contributed by atoms with Crippen LogP contribution in [0.3, 0.4) is 0 Å². The van der Waals surface area contributed by atoms with Crippen molar-refractivity contribution in [2.75, 3.05) is 6.54 Å². The molecular formula is C17H21FN2O2. The number of amides is 1. The van der Waals surface area contributed by atoms with Gasteiger partial charge in [0.25, 0.3) is 0 Å². The largest absolute Gasteiger partial charge is 0.444 e. The zero-order valence-corrected chi connectivity index (χ0v) is 13.3. The summed E-state index contributed by atoms with van der Waals surface area (Å²) < 4.78 is 22.2. The lowest BCUT2D eigenvalue weighted by molar-refractivity contribution is -0.0167. The van der Waals surface area contributed by atoms with Crippen LogP contribution in [0.15, 0.2) is 30.3 Å². The van der Waals surface area contributed by atoms with E-state index in [2.05, 4.69) is 0 Å². The third kappa shape index (κ3) is 2.45. The quantitative estimate of drug-likeness (QED) is 0.675. The lowest BCUT2D eigenvalue weighted by Gasteiger charge is -2.37. The second-order valence-corrected chi connectivity index (χ2v) is 6.82. The first-order valence-electron chi connectivity index (χ1n) is 7.51. The normalized spacial score (nSPS) is 21.8. The van der Waals surface area contributed by atoms with Crippen molar-refractivity contribution in [2.24, 2.45) is 0 Å². The Hall–Kier alpha value is -2.04. The average molecular weight is 304 g/mol. The van der Waals surface area contributed by atoms with Crippen LogP contribution in [0.25, 0.3) is 10.9 Å². The Morgan fingerprint density at radius 1 is 1.32 bits per heavy atom. The first kappa shape index (κ1) is 14.9. The smallest absolute Gasteiger partial charge is 0.412 e. The van der Waals surface area contributed by atoms with Crippen molar-refractivity contribution in [1.29, 1.82) is 0 Å². The fourth-order valence-corrected chi connectivity index (χ4v) is 2.98. The van der Waals surface area contributed by atoms with Gasteiger partial charge in [-0.05, 0) is 39.8 Å². The van der Waals surface area contributed by atoms with Crippen LogP contribution in [0.5, 0.6) is 0 Å². The van der Waals surface area contributed by atoms with E-state index >= 15 is 0 Å². The van der Waals surface area contributed by atoms with E-state index in [-0.39, 0.29) is 6.04 Å². The van der Waals surface area contributed by atoms with Crippen LogP contribution in [0.2, 0.25) is 0 Å². The number of nitrogens with zero attached hydrogens (tertiary/aromatic N) is 2. The van der Waals surface area contributed by atoms with Crippen LogP contribution in [-0.4, -0.2) is 27.7 Å². The molecule has 118 valence electrons. The van der Waals surface area contributed by atoms with Gasteiger partial charge in [-0.3, -0.25) is 4.90 Å². The molecule has 0 bridgehead atoms. The number of fused-ring (bicyclic) bond motifs is 3. The maximum absolute atomic E-state index is 14.9. The van der Waals surface area contributed by atoms with Gasteiger partial charge in [0.05, 0.1) is 5.69 Å². The molecule has 2 heterocycles. The van der Waals surface area contributed by atoms with Gasteiger partial charge in [-0.15, -0.1) is 0 Å². The van der Waals surface area contributed by atoms with Crippen LogP contribution in [0, 0.1) is 0 Å². The number of carbonyl (C=O) groups is 1. The standard InChI is InChI=1S/C17H21FN2O2/c1-11-10-19(16(21)22-17(2,3)4)15(18)14-9-12-7-5-6-8-13(12)20(11)14/h5-9,11,15H,10H2,1-4H3. The summed E-state index contributed by atoms with van der Waals surface area (Å²) in [5.74, 6) is 0. The number of alkyl halides is 1. The molecule has 4 nitrogen and oxygen atoms in total. The van der Waals surface area contributed by atoms with Crippen LogP contribution in [0.1, 0.15) is 45.7 Å². The van der Waals surface area contributed by atoms with Crippen LogP contribution < -0.4 is 0 Å². The Morgan fingerprint density at radius 3 is 2.68 bits per heavy atom. The third-order valence-electron chi connectivity index (χ3n) is 3.83. The van der Waals surface area contributed by atoms with Gasteiger partial charge in [0.15, 0.2) is 0 Å². The van der Waals surface area contributed by atoms with Gasteiger partial charge in [-0.1, -0.05) is 18.2 Å². The minimum Gasteiger partial charge on any atom is -0.444 e. The Kier molecular flexibility index (Phi) is 3.38. The highest BCUT2D eigenvalue weighted by molar-refractivity contribution is 5.82. The second kappa shape index (κ2) is 5.00. The molecule has 0 aliphatic carbocycles. The molecule has 5 heteroatoms. The lowest BCUT2D eigenvalue weighted by atomic mass is 10.2. The molecular weight excluding hydrogens is 283 g/mol. The molecule has 1 aromatic heterocycles. The van der Waals surface area contributed by atoms with Crippen molar-refractivity contribution in [3.63, 3.8) is 0 Å². The summed E-state index contributed by atoms with van der Waals surface area (Å²) in [5, 5.41) is 0.984. The first-order valence-corrected chi connectivity index (χ1v) is 7.51. The van der Waals surface area contributed by atoms with E-state index in [1.807, 2.05) is 41.8 Å². The molecule has 0 fully saturated rings. The summed E-state index contributed by atoms with van der Waals surface area (Å²) in [6.07, 6.45) is -2.10. The van der Waals surface area contributed by atoms with Crippen molar-refractivity contribution in [3.8, 4) is 0 Å². The summed E-state index contributed by atoms with van der Waals surface area (Å²) in [7, 11) is 0. The van der Waals surface area contributed by atoms with Gasteiger partial charge in [-0.2, -0.15) is 0 Å². The molecule has 0 spiro atoms. The summed E-state index contributed by atoms with van der Waals surface area (Å²) in [5.41, 5.74) is 0.867. The molecule has 0 radical (unpaired) electrons. The number of hydrogen-bond donors (Lipinski definition) is 0. The second-order valence-electron chi connectivity index (χ2n) is 6.82. The number of rotatable bonds is 0. The number of hydrogen-bond acceptors (Lipinski definition) is 2. The molecule has 0 saturated carbocycles. The summed E-state index contributed by atoms with van der Waals surface area (Å²) >= 11 is 0. The van der Waals surface area contributed by atoms with E-state index < -0.39 is 18.0 Å². The Balaban J connectivity index is 1.99. The van der Waals surface area contributed by atoms with E-state index in [0.29, 0.717) is 12.2 Å². The van der Waals surface area contributed by atoms with Gasteiger partial charge in [0, 0.05) is 23.5 Å². The van der Waals surface area contributed by atoms with Gasteiger partial charge < -0.3 is 9.30 Å². The zero-order valence-electron chi connectivity index (χ0n) is 13.3. The van der Waals surface area contributed by atoms with Crippen molar-refractivity contribution in [1.82, 2.24) is 9.47 Å². The molecule has 22 heavy (non-hydrogen) atoms. The van der Waals surface area contributed by atoms with Gasteiger partial charge in [-0.25, -0.2) is 9.18 Å². The highest BCUT2D eigenvalue weighted by atomic mass is 19.1. The Labute approximate surface area is 129 Å². The zero-order chi connectivity index (χ0) is 16.1. The van der Waals surface area contributed by atoms with Crippen LogP contribution in [-0.2, 0) is 4.74 Å². The fourth-order valence-electron chi connectivity index (χ4n) is 2.98. The summed E-state index contributed by atoms with van der Waals surface area (Å²) in [6.45, 7) is 7.62. The topological polar surface area (TPSA) is 34.5 Å². The number of benzene rings is 1. The maximum atomic E-state index is 14.9. The number of aromatic nitrogens is 1. The van der Waals surface area contributed by atoms with Crippen molar-refractivity contribution < 1.29 is 13.9 Å². The van der Waals surface area contributed by atoms with Gasteiger partial charge in [0.2, 0.25) is 6.30 Å². The van der Waals surface area contributed by atoms with Crippen LogP contribution >= 0.6 is 0 Å². The Bertz CT molecular complexity index is 717. The molecule has 1 aliphatic rings. The van der Waals surface area contributed by atoms with Crippen molar-refractivity contribution >= 4 is 17.0 Å². The van der Waals surface area contributed by atoms with E-state index in [0.717, 1.165) is 10.9 Å². The monoisotopic (exact) mass is 304 g/mol. The van der Waals surface area contributed by atoms with Crippen LogP contribution in [0.4, 0.5) is 9.18 Å². The van der Waals surface area contributed by atoms with Crippen molar-refractivity contribution in [3.05, 3.63) is 36.0 Å². The molecule has 2 unspecified atom stereocenters. The molecule has 2 aromatic rings. The van der Waals surface area contributed by atoms with Gasteiger partial charge in [0.1, 0.15) is 5.60 Å². The maximum Gasteiger partial charge on any atom is 0.412 e. The Morgan fingerprint density at radius 2 is 2.00 bits per heavy atom. The average Bonchev–Trinajstić information content (AvgIpc) is 2.81. The predicted molar refractivity (Wildman–Crippen MR) is 83.4 cm³/mol. The minimum atomic E-state index is -1.49. The fraction of sp³-hybridized carbons (Fsp3) is 0.471. The third-order valence-corrected chi connectivity index (χ3v) is 3.83. The number of carbonyl (C=O) groups excluding carboxylic acids is 1. The van der Waals surface area contributed by atoms with E-state index in [1.165, 1.54) is 4.90 Å². The predicted octanol–water partition coefficient (Wildman–Crippen LogP) is 4.42. The van der Waals surface area contributed by atoms with Gasteiger partial charge >= 0.3 is 6.09 Å². The molecule has 2 atom stereocenters. The lowest BCUT2D eigenvalue weighted by Crippen LogP contribution is -2.44. The molecule has 0 N–H and O–H groups in total.